The Balaban J connectivity index is 2.84. The topological polar surface area (TPSA) is 46.9 Å². The second-order valence-corrected chi connectivity index (χ2v) is 4.48. The maximum atomic E-state index is 11.9. The molecule has 0 bridgehead atoms. The second-order valence-electron chi connectivity index (χ2n) is 3.57. The van der Waals surface area contributed by atoms with E-state index in [0.717, 1.165) is 12.2 Å². The van der Waals surface area contributed by atoms with E-state index < -0.39 is 0 Å². The zero-order valence-corrected chi connectivity index (χ0v) is 10.9. The number of aromatic nitrogens is 2. The highest BCUT2D eigenvalue weighted by Crippen LogP contribution is 2.06. The van der Waals surface area contributed by atoms with E-state index in [1.165, 1.54) is 0 Å². The minimum Gasteiger partial charge on any atom is -0.362 e. The molecule has 4 nitrogen and oxygen atoms in total. The molecule has 90 valence electrons. The minimum atomic E-state index is -0.0375. The van der Waals surface area contributed by atoms with Gasteiger partial charge in [-0.25, -0.2) is 4.98 Å². The van der Waals surface area contributed by atoms with Gasteiger partial charge in [-0.05, 0) is 19.6 Å². The molecule has 1 atom stereocenters. The maximum Gasteiger partial charge on any atom is 0.293 e. The van der Waals surface area contributed by atoms with Gasteiger partial charge in [0.15, 0.2) is 5.82 Å². The Morgan fingerprint density at radius 3 is 2.88 bits per heavy atom. The standard InChI is InChI=1S/C11H19N3OS/c1-4-9(8-16-3)13-10-11(15)14(5-2)7-6-12-10/h6-7,9H,4-5,8H2,1-3H3,(H,12,13). The lowest BCUT2D eigenvalue weighted by molar-refractivity contribution is 0.707. The van der Waals surface area contributed by atoms with Crippen LogP contribution in [0.2, 0.25) is 0 Å². The van der Waals surface area contributed by atoms with E-state index >= 15 is 0 Å². The van der Waals surface area contributed by atoms with Gasteiger partial charge in [0.25, 0.3) is 5.56 Å². The van der Waals surface area contributed by atoms with Gasteiger partial charge in [0, 0.05) is 30.7 Å². The van der Waals surface area contributed by atoms with Gasteiger partial charge in [0.05, 0.1) is 0 Å². The highest BCUT2D eigenvalue weighted by Gasteiger charge is 2.09. The highest BCUT2D eigenvalue weighted by atomic mass is 32.2. The largest absolute Gasteiger partial charge is 0.362 e. The number of rotatable bonds is 6. The summed E-state index contributed by atoms with van der Waals surface area (Å²) in [6.45, 7) is 4.73. The lowest BCUT2D eigenvalue weighted by Gasteiger charge is -2.16. The molecule has 0 amide bonds. The first-order chi connectivity index (χ1) is 7.72. The van der Waals surface area contributed by atoms with Crippen molar-refractivity contribution in [2.45, 2.75) is 32.9 Å². The third-order valence-electron chi connectivity index (χ3n) is 2.46. The average Bonchev–Trinajstić information content (AvgIpc) is 2.31. The molecule has 0 aliphatic rings. The molecular weight excluding hydrogens is 222 g/mol. The van der Waals surface area contributed by atoms with Gasteiger partial charge in [-0.2, -0.15) is 11.8 Å². The Hall–Kier alpha value is -0.970. The van der Waals surface area contributed by atoms with Crippen molar-refractivity contribution in [1.82, 2.24) is 9.55 Å². The number of anilines is 1. The first-order valence-electron chi connectivity index (χ1n) is 5.53. The van der Waals surface area contributed by atoms with E-state index in [9.17, 15) is 4.79 Å². The molecule has 1 unspecified atom stereocenters. The molecule has 0 radical (unpaired) electrons. The molecule has 0 aliphatic carbocycles. The van der Waals surface area contributed by atoms with Gasteiger partial charge < -0.3 is 9.88 Å². The summed E-state index contributed by atoms with van der Waals surface area (Å²) in [4.78, 5) is 16.0. The Labute approximate surface area is 100 Å². The summed E-state index contributed by atoms with van der Waals surface area (Å²) in [5.41, 5.74) is -0.0375. The summed E-state index contributed by atoms with van der Waals surface area (Å²) in [5, 5.41) is 3.21. The maximum absolute atomic E-state index is 11.9. The molecule has 1 heterocycles. The predicted molar refractivity (Wildman–Crippen MR) is 70.3 cm³/mol. The van der Waals surface area contributed by atoms with Gasteiger partial charge in [-0.1, -0.05) is 6.92 Å². The highest BCUT2D eigenvalue weighted by molar-refractivity contribution is 7.98. The van der Waals surface area contributed by atoms with Crippen LogP contribution < -0.4 is 10.9 Å². The Morgan fingerprint density at radius 2 is 2.31 bits per heavy atom. The van der Waals surface area contributed by atoms with Crippen LogP contribution in [0.5, 0.6) is 0 Å². The number of nitrogens with one attached hydrogen (secondary N) is 1. The van der Waals surface area contributed by atoms with Crippen molar-refractivity contribution in [2.75, 3.05) is 17.3 Å². The first-order valence-corrected chi connectivity index (χ1v) is 6.93. The van der Waals surface area contributed by atoms with Crippen molar-refractivity contribution in [3.05, 3.63) is 22.7 Å². The number of hydrogen-bond donors (Lipinski definition) is 1. The summed E-state index contributed by atoms with van der Waals surface area (Å²) >= 11 is 1.77. The van der Waals surface area contributed by atoms with E-state index in [0.29, 0.717) is 18.4 Å². The van der Waals surface area contributed by atoms with E-state index in [2.05, 4.69) is 23.5 Å². The molecule has 1 aromatic heterocycles. The lowest BCUT2D eigenvalue weighted by Crippen LogP contribution is -2.29. The Kier molecular flexibility index (Phi) is 5.38. The molecule has 0 spiro atoms. The van der Waals surface area contributed by atoms with Crippen LogP contribution in [0.4, 0.5) is 5.82 Å². The first kappa shape index (κ1) is 13.1. The van der Waals surface area contributed by atoms with E-state index in [4.69, 9.17) is 0 Å². The van der Waals surface area contributed by atoms with Gasteiger partial charge >= 0.3 is 0 Å². The van der Waals surface area contributed by atoms with Crippen molar-refractivity contribution in [3.8, 4) is 0 Å². The van der Waals surface area contributed by atoms with Gasteiger partial charge in [0.2, 0.25) is 0 Å². The van der Waals surface area contributed by atoms with Crippen molar-refractivity contribution < 1.29 is 0 Å². The van der Waals surface area contributed by atoms with E-state index in [-0.39, 0.29) is 5.56 Å². The summed E-state index contributed by atoms with van der Waals surface area (Å²) in [5.74, 6) is 1.45. The van der Waals surface area contributed by atoms with Gasteiger partial charge in [-0.3, -0.25) is 4.79 Å². The van der Waals surface area contributed by atoms with Crippen molar-refractivity contribution >= 4 is 17.6 Å². The summed E-state index contributed by atoms with van der Waals surface area (Å²) < 4.78 is 1.65. The fourth-order valence-electron chi connectivity index (χ4n) is 1.45. The summed E-state index contributed by atoms with van der Waals surface area (Å²) in [7, 11) is 0. The number of aryl methyl sites for hydroxylation is 1. The zero-order valence-electron chi connectivity index (χ0n) is 10.1. The van der Waals surface area contributed by atoms with Crippen molar-refractivity contribution in [1.29, 1.82) is 0 Å². The van der Waals surface area contributed by atoms with Crippen LogP contribution in [0, 0.1) is 0 Å². The molecule has 0 saturated carbocycles. The average molecular weight is 241 g/mol. The van der Waals surface area contributed by atoms with Crippen LogP contribution in [-0.4, -0.2) is 27.6 Å². The smallest absolute Gasteiger partial charge is 0.293 e. The third-order valence-corrected chi connectivity index (χ3v) is 3.19. The SMILES string of the molecule is CCC(CSC)Nc1nccn(CC)c1=O. The minimum absolute atomic E-state index is 0.0375. The van der Waals surface area contributed by atoms with Gasteiger partial charge in [-0.15, -0.1) is 0 Å². The molecule has 1 rings (SSSR count). The molecular formula is C11H19N3OS. The Morgan fingerprint density at radius 1 is 1.56 bits per heavy atom. The lowest BCUT2D eigenvalue weighted by atomic mass is 10.2. The molecule has 0 aromatic carbocycles. The third kappa shape index (κ3) is 3.27. The van der Waals surface area contributed by atoms with Crippen LogP contribution in [0.25, 0.3) is 0 Å². The molecule has 16 heavy (non-hydrogen) atoms. The number of thioether (sulfide) groups is 1. The molecule has 0 saturated heterocycles. The fourth-order valence-corrected chi connectivity index (χ4v) is 2.17. The van der Waals surface area contributed by atoms with Gasteiger partial charge in [0.1, 0.15) is 0 Å². The normalized spacial score (nSPS) is 12.4. The molecule has 1 N–H and O–H groups in total. The fraction of sp³-hybridized carbons (Fsp3) is 0.636. The number of nitrogens with zero attached hydrogens (tertiary/aromatic N) is 2. The van der Waals surface area contributed by atoms with Crippen LogP contribution in [0.3, 0.4) is 0 Å². The van der Waals surface area contributed by atoms with Crippen LogP contribution in [0.15, 0.2) is 17.2 Å². The Bertz CT molecular complexity index is 378. The van der Waals surface area contributed by atoms with Crippen LogP contribution in [0.1, 0.15) is 20.3 Å². The van der Waals surface area contributed by atoms with E-state index in [1.54, 1.807) is 28.7 Å². The quantitative estimate of drug-likeness (QED) is 0.825. The number of hydrogen-bond acceptors (Lipinski definition) is 4. The summed E-state index contributed by atoms with van der Waals surface area (Å²) in [6, 6.07) is 0.308. The molecule has 0 fully saturated rings. The summed E-state index contributed by atoms with van der Waals surface area (Å²) in [6.07, 6.45) is 6.43. The molecule has 5 heteroatoms. The monoisotopic (exact) mass is 241 g/mol. The van der Waals surface area contributed by atoms with Crippen molar-refractivity contribution in [2.24, 2.45) is 0 Å². The predicted octanol–water partition coefficient (Wildman–Crippen LogP) is 1.82. The second kappa shape index (κ2) is 6.58. The molecule has 0 aliphatic heterocycles. The van der Waals surface area contributed by atoms with E-state index in [1.807, 2.05) is 6.92 Å². The van der Waals surface area contributed by atoms with Crippen molar-refractivity contribution in [3.63, 3.8) is 0 Å². The van der Waals surface area contributed by atoms with Crippen LogP contribution >= 0.6 is 11.8 Å². The van der Waals surface area contributed by atoms with Crippen LogP contribution in [-0.2, 0) is 6.54 Å². The molecule has 1 aromatic rings. The zero-order chi connectivity index (χ0) is 12.0.